The number of amides is 1. The van der Waals surface area contributed by atoms with Crippen molar-refractivity contribution in [1.82, 2.24) is 14.4 Å². The van der Waals surface area contributed by atoms with Crippen LogP contribution in [-0.2, 0) is 13.6 Å². The van der Waals surface area contributed by atoms with Gasteiger partial charge in [0.15, 0.2) is 0 Å². The van der Waals surface area contributed by atoms with Crippen LogP contribution in [0, 0.1) is 0 Å². The summed E-state index contributed by atoms with van der Waals surface area (Å²) < 4.78 is 12.6. The Morgan fingerprint density at radius 2 is 1.84 bits per heavy atom. The highest BCUT2D eigenvalue weighted by atomic mass is 16.5. The molecule has 0 unspecified atom stereocenters. The monoisotopic (exact) mass is 343 g/mol. The molecule has 0 radical (unpaired) electrons. The molecule has 134 valence electrons. The smallest absolute Gasteiger partial charge is 0.270 e. The third-order valence-electron chi connectivity index (χ3n) is 4.70. The molecule has 1 aromatic carbocycles. The molecule has 1 amide bonds. The summed E-state index contributed by atoms with van der Waals surface area (Å²) in [5.74, 6) is 1.79. The number of ether oxygens (including phenoxy) is 2. The molecule has 2 heterocycles. The van der Waals surface area contributed by atoms with E-state index in [4.69, 9.17) is 9.47 Å². The highest BCUT2D eigenvalue weighted by molar-refractivity contribution is 5.92. The normalized spacial score (nSPS) is 15.2. The maximum atomic E-state index is 12.6. The van der Waals surface area contributed by atoms with E-state index in [2.05, 4.69) is 4.90 Å². The first-order valence-corrected chi connectivity index (χ1v) is 8.46. The molecule has 1 aromatic heterocycles. The van der Waals surface area contributed by atoms with Gasteiger partial charge < -0.3 is 18.9 Å². The Morgan fingerprint density at radius 1 is 1.08 bits per heavy atom. The van der Waals surface area contributed by atoms with Gasteiger partial charge in [0.25, 0.3) is 5.91 Å². The molecule has 3 rings (SSSR count). The molecule has 0 N–H and O–H groups in total. The Hall–Kier alpha value is -2.47. The highest BCUT2D eigenvalue weighted by Crippen LogP contribution is 2.25. The second-order valence-corrected chi connectivity index (χ2v) is 6.25. The van der Waals surface area contributed by atoms with Crippen molar-refractivity contribution in [2.24, 2.45) is 7.05 Å². The molecule has 6 heteroatoms. The second-order valence-electron chi connectivity index (χ2n) is 6.25. The van der Waals surface area contributed by atoms with E-state index in [0.717, 1.165) is 55.5 Å². The number of methoxy groups -OCH3 is 2. The first-order valence-electron chi connectivity index (χ1n) is 8.46. The van der Waals surface area contributed by atoms with Crippen molar-refractivity contribution in [3.05, 3.63) is 47.8 Å². The van der Waals surface area contributed by atoms with E-state index in [1.807, 2.05) is 53.0 Å². The van der Waals surface area contributed by atoms with E-state index in [9.17, 15) is 4.79 Å². The van der Waals surface area contributed by atoms with Gasteiger partial charge in [-0.3, -0.25) is 9.69 Å². The topological polar surface area (TPSA) is 46.9 Å². The minimum Gasteiger partial charge on any atom is -0.497 e. The van der Waals surface area contributed by atoms with Crippen molar-refractivity contribution in [3.63, 3.8) is 0 Å². The van der Waals surface area contributed by atoms with Crippen LogP contribution in [0.2, 0.25) is 0 Å². The Labute approximate surface area is 148 Å². The van der Waals surface area contributed by atoms with Crippen LogP contribution in [0.3, 0.4) is 0 Å². The van der Waals surface area contributed by atoms with Crippen LogP contribution in [0.4, 0.5) is 0 Å². The van der Waals surface area contributed by atoms with E-state index in [1.165, 1.54) is 0 Å². The third-order valence-corrected chi connectivity index (χ3v) is 4.70. The van der Waals surface area contributed by atoms with Crippen LogP contribution in [-0.4, -0.2) is 60.7 Å². The number of aryl methyl sites for hydroxylation is 1. The van der Waals surface area contributed by atoms with Crippen molar-refractivity contribution < 1.29 is 14.3 Å². The fraction of sp³-hybridized carbons (Fsp3) is 0.421. The zero-order chi connectivity index (χ0) is 17.8. The van der Waals surface area contributed by atoms with Gasteiger partial charge in [0, 0.05) is 51.5 Å². The Kier molecular flexibility index (Phi) is 5.28. The molecular formula is C19H25N3O3. The molecule has 0 bridgehead atoms. The van der Waals surface area contributed by atoms with Gasteiger partial charge in [-0.05, 0) is 30.3 Å². The molecule has 2 aromatic rings. The lowest BCUT2D eigenvalue weighted by molar-refractivity contribution is 0.0618. The van der Waals surface area contributed by atoms with Gasteiger partial charge in [0.05, 0.1) is 14.2 Å². The molecule has 0 saturated carbocycles. The lowest BCUT2D eigenvalue weighted by Crippen LogP contribution is -2.48. The average Bonchev–Trinajstić information content (AvgIpc) is 3.07. The predicted octanol–water partition coefficient (Wildman–Crippen LogP) is 2.00. The van der Waals surface area contributed by atoms with Crippen LogP contribution in [0.5, 0.6) is 11.5 Å². The molecule has 0 aliphatic carbocycles. The molecule has 1 saturated heterocycles. The molecule has 1 aliphatic heterocycles. The Morgan fingerprint density at radius 3 is 2.44 bits per heavy atom. The van der Waals surface area contributed by atoms with Crippen LogP contribution in [0.15, 0.2) is 36.5 Å². The van der Waals surface area contributed by atoms with E-state index in [0.29, 0.717) is 0 Å². The summed E-state index contributed by atoms with van der Waals surface area (Å²) in [5.41, 5.74) is 1.84. The van der Waals surface area contributed by atoms with Crippen LogP contribution in [0.1, 0.15) is 16.1 Å². The summed E-state index contributed by atoms with van der Waals surface area (Å²) >= 11 is 0. The van der Waals surface area contributed by atoms with Gasteiger partial charge in [-0.15, -0.1) is 0 Å². The maximum absolute atomic E-state index is 12.6. The fourth-order valence-electron chi connectivity index (χ4n) is 3.20. The standard InChI is InChI=1S/C19H25N3O3/c1-20-8-4-5-17(20)19(23)22-11-9-21(10-12-22)14-15-13-16(24-2)6-7-18(15)25-3/h4-8,13H,9-12,14H2,1-3H3. The number of nitrogens with zero attached hydrogens (tertiary/aromatic N) is 3. The third kappa shape index (κ3) is 3.79. The van der Waals surface area contributed by atoms with Gasteiger partial charge in [-0.1, -0.05) is 0 Å². The molecule has 6 nitrogen and oxygen atoms in total. The highest BCUT2D eigenvalue weighted by Gasteiger charge is 2.24. The maximum Gasteiger partial charge on any atom is 0.270 e. The van der Waals surface area contributed by atoms with Crippen molar-refractivity contribution in [1.29, 1.82) is 0 Å². The number of hydrogen-bond acceptors (Lipinski definition) is 4. The summed E-state index contributed by atoms with van der Waals surface area (Å²) in [5, 5.41) is 0. The summed E-state index contributed by atoms with van der Waals surface area (Å²) in [6.45, 7) is 3.94. The molecule has 0 atom stereocenters. The molecular weight excluding hydrogens is 318 g/mol. The minimum absolute atomic E-state index is 0.103. The molecule has 1 aliphatic rings. The number of hydrogen-bond donors (Lipinski definition) is 0. The van der Waals surface area contributed by atoms with Crippen molar-refractivity contribution in [2.75, 3.05) is 40.4 Å². The minimum atomic E-state index is 0.103. The molecule has 25 heavy (non-hydrogen) atoms. The van der Waals surface area contributed by atoms with E-state index in [1.54, 1.807) is 14.2 Å². The Balaban J connectivity index is 1.61. The zero-order valence-corrected chi connectivity index (χ0v) is 15.1. The Bertz CT molecular complexity index is 733. The van der Waals surface area contributed by atoms with E-state index < -0.39 is 0 Å². The van der Waals surface area contributed by atoms with Crippen molar-refractivity contribution >= 4 is 5.91 Å². The lowest BCUT2D eigenvalue weighted by Gasteiger charge is -2.35. The molecule has 1 fully saturated rings. The summed E-state index contributed by atoms with van der Waals surface area (Å²) in [4.78, 5) is 16.8. The number of benzene rings is 1. The van der Waals surface area contributed by atoms with Crippen LogP contribution < -0.4 is 9.47 Å². The quantitative estimate of drug-likeness (QED) is 0.833. The largest absolute Gasteiger partial charge is 0.497 e. The lowest BCUT2D eigenvalue weighted by atomic mass is 10.1. The first-order chi connectivity index (χ1) is 12.1. The average molecular weight is 343 g/mol. The molecule has 0 spiro atoms. The fourth-order valence-corrected chi connectivity index (χ4v) is 3.20. The summed E-state index contributed by atoms with van der Waals surface area (Å²) in [7, 11) is 5.25. The van der Waals surface area contributed by atoms with Crippen molar-refractivity contribution in [3.8, 4) is 11.5 Å². The van der Waals surface area contributed by atoms with Crippen LogP contribution in [0.25, 0.3) is 0 Å². The summed E-state index contributed by atoms with van der Waals surface area (Å²) in [6.07, 6.45) is 1.90. The predicted molar refractivity (Wildman–Crippen MR) is 96.1 cm³/mol. The summed E-state index contributed by atoms with van der Waals surface area (Å²) in [6, 6.07) is 9.62. The first kappa shape index (κ1) is 17.4. The zero-order valence-electron chi connectivity index (χ0n) is 15.1. The van der Waals surface area contributed by atoms with Gasteiger partial charge in [0.1, 0.15) is 17.2 Å². The van der Waals surface area contributed by atoms with Gasteiger partial charge >= 0.3 is 0 Å². The van der Waals surface area contributed by atoms with Crippen molar-refractivity contribution in [2.45, 2.75) is 6.54 Å². The van der Waals surface area contributed by atoms with E-state index >= 15 is 0 Å². The van der Waals surface area contributed by atoms with Gasteiger partial charge in [0.2, 0.25) is 0 Å². The van der Waals surface area contributed by atoms with Gasteiger partial charge in [-0.25, -0.2) is 0 Å². The van der Waals surface area contributed by atoms with E-state index in [-0.39, 0.29) is 5.91 Å². The van der Waals surface area contributed by atoms with Crippen LogP contribution >= 0.6 is 0 Å². The number of piperazine rings is 1. The number of carbonyl (C=O) groups is 1. The number of aromatic nitrogens is 1. The SMILES string of the molecule is COc1ccc(OC)c(CN2CCN(C(=O)c3cccn3C)CC2)c1. The number of rotatable bonds is 5. The number of carbonyl (C=O) groups excluding carboxylic acids is 1. The van der Waals surface area contributed by atoms with Gasteiger partial charge in [-0.2, -0.15) is 0 Å². The second kappa shape index (κ2) is 7.61.